The van der Waals surface area contributed by atoms with Gasteiger partial charge in [0, 0.05) is 19.7 Å². The van der Waals surface area contributed by atoms with E-state index >= 15 is 0 Å². The quantitative estimate of drug-likeness (QED) is 0.638. The van der Waals surface area contributed by atoms with Crippen LogP contribution < -0.4 is 0 Å². The van der Waals surface area contributed by atoms with Gasteiger partial charge in [0.1, 0.15) is 0 Å². The molecule has 1 unspecified atom stereocenters. The molecule has 84 valence electrons. The van der Waals surface area contributed by atoms with Gasteiger partial charge in [-0.3, -0.25) is 4.79 Å². The van der Waals surface area contributed by atoms with Crippen molar-refractivity contribution in [3.05, 3.63) is 0 Å². The topological polar surface area (TPSA) is 60.8 Å². The summed E-state index contributed by atoms with van der Waals surface area (Å²) < 4.78 is 0. The Morgan fingerprint density at radius 3 is 2.29 bits per heavy atom. The van der Waals surface area contributed by atoms with Crippen LogP contribution >= 0.6 is 0 Å². The van der Waals surface area contributed by atoms with Crippen molar-refractivity contribution in [3.63, 3.8) is 0 Å². The summed E-state index contributed by atoms with van der Waals surface area (Å²) >= 11 is 0. The maximum atomic E-state index is 10.8. The second kappa shape index (κ2) is 6.79. The maximum absolute atomic E-state index is 10.8. The minimum atomic E-state index is -0.824. The number of carboxylic acids is 1. The molecule has 0 aromatic heterocycles. The van der Waals surface area contributed by atoms with Crippen molar-refractivity contribution in [2.75, 3.05) is 26.7 Å². The lowest BCUT2D eigenvalue weighted by Gasteiger charge is -2.22. The molecule has 1 atom stereocenters. The van der Waals surface area contributed by atoms with Gasteiger partial charge in [-0.15, -0.1) is 0 Å². The van der Waals surface area contributed by atoms with E-state index < -0.39 is 11.9 Å². The highest BCUT2D eigenvalue weighted by Crippen LogP contribution is 2.06. The van der Waals surface area contributed by atoms with Gasteiger partial charge in [0.25, 0.3) is 0 Å². The Balaban J connectivity index is 3.95. The molecule has 0 rings (SSSR count). The molecule has 0 aliphatic rings. The minimum Gasteiger partial charge on any atom is -0.481 e. The smallest absolute Gasteiger partial charge is 0.307 e. The zero-order chi connectivity index (χ0) is 11.1. The van der Waals surface area contributed by atoms with Crippen LogP contribution in [0.15, 0.2) is 0 Å². The van der Waals surface area contributed by atoms with Gasteiger partial charge in [-0.2, -0.15) is 0 Å². The molecule has 0 amide bonds. The van der Waals surface area contributed by atoms with E-state index in [0.717, 1.165) is 6.54 Å². The van der Waals surface area contributed by atoms with Gasteiger partial charge < -0.3 is 15.1 Å². The Hall–Kier alpha value is -0.610. The first-order chi connectivity index (χ1) is 6.47. The number of hydrogen-bond acceptors (Lipinski definition) is 3. The molecule has 0 fully saturated rings. The first-order valence-corrected chi connectivity index (χ1v) is 4.99. The zero-order valence-electron chi connectivity index (χ0n) is 9.23. The number of hydrogen-bond donors (Lipinski definition) is 2. The van der Waals surface area contributed by atoms with Crippen LogP contribution in [0.25, 0.3) is 0 Å². The summed E-state index contributed by atoms with van der Waals surface area (Å²) in [7, 11) is 1.91. The maximum Gasteiger partial charge on any atom is 0.307 e. The molecule has 2 N–H and O–H groups in total. The van der Waals surface area contributed by atoms with E-state index in [4.69, 9.17) is 10.2 Å². The predicted molar refractivity (Wildman–Crippen MR) is 55.2 cm³/mol. The fourth-order valence-corrected chi connectivity index (χ4v) is 1.52. The predicted octanol–water partition coefficient (Wildman–Crippen LogP) is 0.657. The Morgan fingerprint density at radius 1 is 1.36 bits per heavy atom. The average molecular weight is 203 g/mol. The summed E-state index contributed by atoms with van der Waals surface area (Å²) in [5, 5.41) is 17.5. The van der Waals surface area contributed by atoms with E-state index in [0.29, 0.717) is 18.9 Å². The van der Waals surface area contributed by atoms with Crippen LogP contribution in [0.2, 0.25) is 0 Å². The molecule has 0 aliphatic heterocycles. The van der Waals surface area contributed by atoms with Crippen LogP contribution in [-0.2, 0) is 4.79 Å². The number of aliphatic carboxylic acids is 1. The van der Waals surface area contributed by atoms with Crippen molar-refractivity contribution >= 4 is 5.97 Å². The van der Waals surface area contributed by atoms with Gasteiger partial charge in [-0.1, -0.05) is 13.8 Å². The van der Waals surface area contributed by atoms with Crippen LogP contribution in [0.1, 0.15) is 20.3 Å². The third kappa shape index (κ3) is 5.94. The molecule has 0 spiro atoms. The fraction of sp³-hybridized carbons (Fsp3) is 0.900. The highest BCUT2D eigenvalue weighted by atomic mass is 16.4. The van der Waals surface area contributed by atoms with Crippen molar-refractivity contribution < 1.29 is 15.0 Å². The highest BCUT2D eigenvalue weighted by Gasteiger charge is 2.18. The van der Waals surface area contributed by atoms with Crippen molar-refractivity contribution in [1.29, 1.82) is 0 Å². The molecule has 0 aromatic carbocycles. The van der Waals surface area contributed by atoms with Gasteiger partial charge in [-0.05, 0) is 19.4 Å². The average Bonchev–Trinajstić information content (AvgIpc) is 2.01. The van der Waals surface area contributed by atoms with Gasteiger partial charge >= 0.3 is 5.97 Å². The lowest BCUT2D eigenvalue weighted by atomic mass is 10.1. The molecule has 4 nitrogen and oxygen atoms in total. The second-order valence-electron chi connectivity index (χ2n) is 4.16. The number of carbonyl (C=O) groups is 1. The Bertz CT molecular complexity index is 171. The largest absolute Gasteiger partial charge is 0.481 e. The Kier molecular flexibility index (Phi) is 6.49. The summed E-state index contributed by atoms with van der Waals surface area (Å²) in [4.78, 5) is 12.8. The van der Waals surface area contributed by atoms with Crippen LogP contribution in [0.3, 0.4) is 0 Å². The van der Waals surface area contributed by atoms with Gasteiger partial charge in [0.2, 0.25) is 0 Å². The number of aliphatic hydroxyl groups is 1. The molecule has 0 bridgehead atoms. The molecule has 4 heteroatoms. The van der Waals surface area contributed by atoms with Crippen molar-refractivity contribution in [2.24, 2.45) is 11.8 Å². The standard InChI is InChI=1S/C10H21NO3/c1-8(2)6-11(3)7-9(4-5-12)10(13)14/h8-9,12H,4-7H2,1-3H3,(H,13,14). The number of aliphatic hydroxyl groups excluding tert-OH is 1. The fourth-order valence-electron chi connectivity index (χ4n) is 1.52. The van der Waals surface area contributed by atoms with Crippen LogP contribution in [-0.4, -0.2) is 47.8 Å². The summed E-state index contributed by atoms with van der Waals surface area (Å²) in [6.45, 7) is 5.52. The molecule has 0 saturated heterocycles. The van der Waals surface area contributed by atoms with E-state index in [1.165, 1.54) is 0 Å². The van der Waals surface area contributed by atoms with E-state index in [-0.39, 0.29) is 6.61 Å². The summed E-state index contributed by atoms with van der Waals surface area (Å²) in [6.07, 6.45) is 0.331. The molecule has 0 saturated carbocycles. The molecule has 0 aliphatic carbocycles. The first-order valence-electron chi connectivity index (χ1n) is 4.99. The van der Waals surface area contributed by atoms with Crippen molar-refractivity contribution in [2.45, 2.75) is 20.3 Å². The van der Waals surface area contributed by atoms with Crippen LogP contribution in [0, 0.1) is 11.8 Å². The molecule has 14 heavy (non-hydrogen) atoms. The number of carboxylic acid groups (broad SMARTS) is 1. The lowest BCUT2D eigenvalue weighted by Crippen LogP contribution is -2.33. The number of nitrogens with zero attached hydrogens (tertiary/aromatic N) is 1. The molecule has 0 aromatic rings. The van der Waals surface area contributed by atoms with E-state index in [2.05, 4.69) is 13.8 Å². The normalized spacial score (nSPS) is 13.6. The van der Waals surface area contributed by atoms with Gasteiger partial charge in [-0.25, -0.2) is 0 Å². The third-order valence-electron chi connectivity index (χ3n) is 2.04. The molecular formula is C10H21NO3. The van der Waals surface area contributed by atoms with Crippen molar-refractivity contribution in [3.8, 4) is 0 Å². The van der Waals surface area contributed by atoms with E-state index in [1.54, 1.807) is 0 Å². The Morgan fingerprint density at radius 2 is 1.93 bits per heavy atom. The molecule has 0 radical (unpaired) electrons. The molecule has 0 heterocycles. The van der Waals surface area contributed by atoms with Crippen molar-refractivity contribution in [1.82, 2.24) is 4.90 Å². The minimum absolute atomic E-state index is 0.0630. The van der Waals surface area contributed by atoms with Gasteiger partial charge in [0.05, 0.1) is 5.92 Å². The monoisotopic (exact) mass is 203 g/mol. The highest BCUT2D eigenvalue weighted by molar-refractivity contribution is 5.70. The molecular weight excluding hydrogens is 182 g/mol. The Labute approximate surface area is 85.5 Å². The lowest BCUT2D eigenvalue weighted by molar-refractivity contribution is -0.142. The zero-order valence-corrected chi connectivity index (χ0v) is 9.23. The summed E-state index contributed by atoms with van der Waals surface area (Å²) in [5.41, 5.74) is 0. The SMILES string of the molecule is CC(C)CN(C)CC(CCO)C(=O)O. The summed E-state index contributed by atoms with van der Waals surface area (Å²) in [6, 6.07) is 0. The second-order valence-corrected chi connectivity index (χ2v) is 4.16. The summed E-state index contributed by atoms with van der Waals surface area (Å²) in [5.74, 6) is -0.748. The van der Waals surface area contributed by atoms with Gasteiger partial charge in [0.15, 0.2) is 0 Å². The number of rotatable bonds is 7. The van der Waals surface area contributed by atoms with E-state index in [9.17, 15) is 4.79 Å². The van der Waals surface area contributed by atoms with Crippen LogP contribution in [0.4, 0.5) is 0 Å². The first kappa shape index (κ1) is 13.4. The van der Waals surface area contributed by atoms with Crippen LogP contribution in [0.5, 0.6) is 0 Å². The van der Waals surface area contributed by atoms with E-state index in [1.807, 2.05) is 11.9 Å². The third-order valence-corrected chi connectivity index (χ3v) is 2.04.